The first-order valence-electron chi connectivity index (χ1n) is 6.32. The number of amides is 1. The summed E-state index contributed by atoms with van der Waals surface area (Å²) in [6.45, 7) is 7.21. The molecule has 106 valence electrons. The smallest absolute Gasteiger partial charge is 0.331 e. The minimum atomic E-state index is -1.14. The average Bonchev–Trinajstić information content (AvgIpc) is 2.75. The zero-order chi connectivity index (χ0) is 14.6. The lowest BCUT2D eigenvalue weighted by atomic mass is 10.1. The molecule has 2 N–H and O–H groups in total. The van der Waals surface area contributed by atoms with Crippen LogP contribution in [0.1, 0.15) is 40.5 Å². The molecule has 6 nitrogen and oxygen atoms in total. The average molecular weight is 267 g/mol. The Balaban J connectivity index is 2.65. The molecule has 0 fully saturated rings. The van der Waals surface area contributed by atoms with Gasteiger partial charge >= 0.3 is 5.97 Å². The minimum absolute atomic E-state index is 0.0821. The zero-order valence-electron chi connectivity index (χ0n) is 11.8. The number of nitrogens with zero attached hydrogens (tertiary/aromatic N) is 2. The number of aliphatic carboxylic acids is 1. The Morgan fingerprint density at radius 1 is 1.47 bits per heavy atom. The predicted octanol–water partition coefficient (Wildman–Crippen LogP) is 2.08. The fourth-order valence-electron chi connectivity index (χ4n) is 1.43. The molecule has 1 heterocycles. The molecule has 0 unspecified atom stereocenters. The summed E-state index contributed by atoms with van der Waals surface area (Å²) in [4.78, 5) is 22.7. The maximum absolute atomic E-state index is 11.6. The number of carbonyl (C=O) groups excluding carboxylic acids is 1. The Labute approximate surface area is 112 Å². The van der Waals surface area contributed by atoms with E-state index in [1.807, 2.05) is 0 Å². The molecule has 0 saturated carbocycles. The standard InChI is InChI=1S/C13H21N3O3/c1-9(2)5-6-11(17)15-10-7-14-16(8-10)13(3,4)12(18)19/h7-9H,5-6H2,1-4H3,(H,15,17)(H,18,19). The molecule has 0 spiro atoms. The molecule has 1 aromatic heterocycles. The van der Waals surface area contributed by atoms with Crippen LogP contribution < -0.4 is 5.32 Å². The molecule has 1 aromatic rings. The lowest BCUT2D eigenvalue weighted by Crippen LogP contribution is -2.35. The fourth-order valence-corrected chi connectivity index (χ4v) is 1.43. The summed E-state index contributed by atoms with van der Waals surface area (Å²) in [5.74, 6) is -0.589. The number of nitrogens with one attached hydrogen (secondary N) is 1. The topological polar surface area (TPSA) is 84.2 Å². The first-order valence-corrected chi connectivity index (χ1v) is 6.32. The van der Waals surface area contributed by atoms with Gasteiger partial charge in [0.25, 0.3) is 0 Å². The first kappa shape index (κ1) is 15.2. The molecule has 0 saturated heterocycles. The van der Waals surface area contributed by atoms with Crippen molar-refractivity contribution in [2.75, 3.05) is 5.32 Å². The van der Waals surface area contributed by atoms with Gasteiger partial charge in [-0.1, -0.05) is 13.8 Å². The predicted molar refractivity (Wildman–Crippen MR) is 71.9 cm³/mol. The molecule has 19 heavy (non-hydrogen) atoms. The minimum Gasteiger partial charge on any atom is -0.479 e. The third kappa shape index (κ3) is 4.08. The third-order valence-electron chi connectivity index (χ3n) is 2.91. The van der Waals surface area contributed by atoms with Gasteiger partial charge in [0.15, 0.2) is 5.54 Å². The lowest BCUT2D eigenvalue weighted by Gasteiger charge is -2.19. The molecule has 0 atom stereocenters. The molecule has 1 rings (SSSR count). The number of carboxylic acids is 1. The second-order valence-corrected chi connectivity index (χ2v) is 5.52. The van der Waals surface area contributed by atoms with Crippen LogP contribution in [0.15, 0.2) is 12.4 Å². The normalized spacial score (nSPS) is 11.6. The van der Waals surface area contributed by atoms with E-state index in [0.717, 1.165) is 6.42 Å². The van der Waals surface area contributed by atoms with E-state index in [4.69, 9.17) is 5.11 Å². The van der Waals surface area contributed by atoms with Crippen LogP contribution in [0.5, 0.6) is 0 Å². The second-order valence-electron chi connectivity index (χ2n) is 5.52. The van der Waals surface area contributed by atoms with E-state index in [2.05, 4.69) is 24.3 Å². The number of rotatable bonds is 6. The van der Waals surface area contributed by atoms with Gasteiger partial charge in [0.2, 0.25) is 5.91 Å². The Bertz CT molecular complexity index is 463. The summed E-state index contributed by atoms with van der Waals surface area (Å²) in [7, 11) is 0. The van der Waals surface area contributed by atoms with E-state index in [0.29, 0.717) is 18.0 Å². The highest BCUT2D eigenvalue weighted by molar-refractivity contribution is 5.90. The summed E-state index contributed by atoms with van der Waals surface area (Å²) in [5, 5.41) is 15.8. The van der Waals surface area contributed by atoms with Crippen LogP contribution in [0.25, 0.3) is 0 Å². The third-order valence-corrected chi connectivity index (χ3v) is 2.91. The molecule has 0 aromatic carbocycles. The van der Waals surface area contributed by atoms with Crippen molar-refractivity contribution in [3.8, 4) is 0 Å². The van der Waals surface area contributed by atoms with E-state index in [9.17, 15) is 9.59 Å². The van der Waals surface area contributed by atoms with E-state index in [1.165, 1.54) is 17.1 Å². The molecule has 0 radical (unpaired) electrons. The quantitative estimate of drug-likeness (QED) is 0.826. The van der Waals surface area contributed by atoms with E-state index < -0.39 is 11.5 Å². The van der Waals surface area contributed by atoms with Crippen molar-refractivity contribution in [2.24, 2.45) is 5.92 Å². The Morgan fingerprint density at radius 2 is 2.11 bits per heavy atom. The molecular weight excluding hydrogens is 246 g/mol. The number of carbonyl (C=O) groups is 2. The lowest BCUT2D eigenvalue weighted by molar-refractivity contribution is -0.146. The van der Waals surface area contributed by atoms with Crippen molar-refractivity contribution in [2.45, 2.75) is 46.1 Å². The number of hydrogen-bond acceptors (Lipinski definition) is 3. The largest absolute Gasteiger partial charge is 0.479 e. The van der Waals surface area contributed by atoms with Gasteiger partial charge in [0.05, 0.1) is 11.9 Å². The van der Waals surface area contributed by atoms with Gasteiger partial charge in [-0.05, 0) is 26.2 Å². The van der Waals surface area contributed by atoms with Crippen LogP contribution in [0.4, 0.5) is 5.69 Å². The van der Waals surface area contributed by atoms with Gasteiger partial charge in [-0.25, -0.2) is 4.79 Å². The van der Waals surface area contributed by atoms with Crippen LogP contribution in [0.2, 0.25) is 0 Å². The van der Waals surface area contributed by atoms with Crippen LogP contribution in [0, 0.1) is 5.92 Å². The summed E-state index contributed by atoms with van der Waals surface area (Å²) in [5.41, 5.74) is -0.621. The van der Waals surface area contributed by atoms with E-state index in [1.54, 1.807) is 13.8 Å². The van der Waals surface area contributed by atoms with Crippen molar-refractivity contribution in [1.29, 1.82) is 0 Å². The Morgan fingerprint density at radius 3 is 2.63 bits per heavy atom. The van der Waals surface area contributed by atoms with Gasteiger partial charge < -0.3 is 10.4 Å². The fraction of sp³-hybridized carbons (Fsp3) is 0.615. The van der Waals surface area contributed by atoms with Crippen molar-refractivity contribution in [1.82, 2.24) is 9.78 Å². The summed E-state index contributed by atoms with van der Waals surface area (Å²) >= 11 is 0. The molecule has 6 heteroatoms. The molecule has 1 amide bonds. The summed E-state index contributed by atoms with van der Waals surface area (Å²) in [6.07, 6.45) is 4.26. The highest BCUT2D eigenvalue weighted by Gasteiger charge is 2.30. The van der Waals surface area contributed by atoms with Crippen LogP contribution >= 0.6 is 0 Å². The molecule has 0 aliphatic carbocycles. The van der Waals surface area contributed by atoms with Gasteiger partial charge in [-0.15, -0.1) is 0 Å². The van der Waals surface area contributed by atoms with Gasteiger partial charge in [-0.2, -0.15) is 5.10 Å². The molecule has 0 aliphatic heterocycles. The molecule has 0 aliphatic rings. The maximum atomic E-state index is 11.6. The van der Waals surface area contributed by atoms with Crippen molar-refractivity contribution < 1.29 is 14.7 Å². The molecule has 0 bridgehead atoms. The summed E-state index contributed by atoms with van der Waals surface area (Å²) < 4.78 is 1.33. The van der Waals surface area contributed by atoms with Gasteiger partial charge in [-0.3, -0.25) is 9.48 Å². The number of carboxylic acid groups (broad SMARTS) is 1. The van der Waals surface area contributed by atoms with Crippen molar-refractivity contribution >= 4 is 17.6 Å². The second kappa shape index (κ2) is 5.86. The highest BCUT2D eigenvalue weighted by atomic mass is 16.4. The molecular formula is C13H21N3O3. The number of hydrogen-bond donors (Lipinski definition) is 2. The van der Waals surface area contributed by atoms with Crippen LogP contribution in [-0.2, 0) is 15.1 Å². The first-order chi connectivity index (χ1) is 8.73. The summed E-state index contributed by atoms with van der Waals surface area (Å²) in [6, 6.07) is 0. The Hall–Kier alpha value is -1.85. The van der Waals surface area contributed by atoms with Crippen molar-refractivity contribution in [3.63, 3.8) is 0 Å². The van der Waals surface area contributed by atoms with Crippen molar-refractivity contribution in [3.05, 3.63) is 12.4 Å². The number of anilines is 1. The SMILES string of the molecule is CC(C)CCC(=O)Nc1cnn(C(C)(C)C(=O)O)c1. The van der Waals surface area contributed by atoms with Gasteiger partial charge in [0.1, 0.15) is 0 Å². The van der Waals surface area contributed by atoms with Crippen LogP contribution in [-0.4, -0.2) is 26.8 Å². The van der Waals surface area contributed by atoms with Gasteiger partial charge in [0, 0.05) is 12.6 Å². The number of aromatic nitrogens is 2. The van der Waals surface area contributed by atoms with E-state index in [-0.39, 0.29) is 5.91 Å². The monoisotopic (exact) mass is 267 g/mol. The Kier molecular flexibility index (Phi) is 4.69. The van der Waals surface area contributed by atoms with Crippen LogP contribution in [0.3, 0.4) is 0 Å². The highest BCUT2D eigenvalue weighted by Crippen LogP contribution is 2.17. The van der Waals surface area contributed by atoms with E-state index >= 15 is 0 Å². The zero-order valence-corrected chi connectivity index (χ0v) is 11.8. The maximum Gasteiger partial charge on any atom is 0.331 e.